The maximum atomic E-state index is 4.61. The number of hydrogen-bond donors (Lipinski definition) is 1. The van der Waals surface area contributed by atoms with Gasteiger partial charge >= 0.3 is 0 Å². The van der Waals surface area contributed by atoms with Crippen molar-refractivity contribution in [1.82, 2.24) is 15.1 Å². The van der Waals surface area contributed by atoms with Crippen LogP contribution in [0.5, 0.6) is 0 Å². The number of rotatable bonds is 6. The predicted molar refractivity (Wildman–Crippen MR) is 88.6 cm³/mol. The highest BCUT2D eigenvalue weighted by Gasteiger charge is 2.17. The molecule has 0 aliphatic heterocycles. The number of nitrogens with zero attached hydrogens (tertiary/aromatic N) is 2. The average molecular weight is 285 g/mol. The minimum absolute atomic E-state index is 0.330. The molecule has 0 aliphatic carbocycles. The summed E-state index contributed by atoms with van der Waals surface area (Å²) in [5.74, 6) is 0.510. The summed E-state index contributed by atoms with van der Waals surface area (Å²) in [6.07, 6.45) is 0. The van der Waals surface area contributed by atoms with Gasteiger partial charge in [-0.05, 0) is 39.2 Å². The second-order valence-corrected chi connectivity index (χ2v) is 5.84. The molecule has 1 N–H and O–H groups in total. The zero-order chi connectivity index (χ0) is 15.4. The lowest BCUT2D eigenvalue weighted by Crippen LogP contribution is -2.24. The summed E-state index contributed by atoms with van der Waals surface area (Å²) in [6, 6.07) is 11.0. The smallest absolute Gasteiger partial charge is 0.0644 e. The van der Waals surface area contributed by atoms with Gasteiger partial charge < -0.3 is 5.32 Å². The molecule has 0 saturated carbocycles. The van der Waals surface area contributed by atoms with Crippen molar-refractivity contribution in [3.05, 3.63) is 52.8 Å². The van der Waals surface area contributed by atoms with Crippen molar-refractivity contribution in [2.24, 2.45) is 0 Å². The zero-order valence-corrected chi connectivity index (χ0v) is 13.9. The summed E-state index contributed by atoms with van der Waals surface area (Å²) >= 11 is 0. The van der Waals surface area contributed by atoms with E-state index in [9.17, 15) is 0 Å². The van der Waals surface area contributed by atoms with E-state index >= 15 is 0 Å². The molecule has 2 rings (SSSR count). The van der Waals surface area contributed by atoms with E-state index in [1.165, 1.54) is 16.8 Å². The molecule has 2 unspecified atom stereocenters. The van der Waals surface area contributed by atoms with E-state index in [0.29, 0.717) is 12.0 Å². The van der Waals surface area contributed by atoms with Crippen molar-refractivity contribution >= 4 is 0 Å². The molecule has 114 valence electrons. The molecule has 21 heavy (non-hydrogen) atoms. The van der Waals surface area contributed by atoms with Crippen LogP contribution in [0.1, 0.15) is 55.2 Å². The number of nitrogens with one attached hydrogen (secondary N) is 1. The summed E-state index contributed by atoms with van der Waals surface area (Å²) in [5.41, 5.74) is 5.15. The van der Waals surface area contributed by atoms with Gasteiger partial charge in [-0.25, -0.2) is 0 Å². The van der Waals surface area contributed by atoms with Crippen LogP contribution in [0.4, 0.5) is 0 Å². The first-order chi connectivity index (χ1) is 10.0. The third-order valence-corrected chi connectivity index (χ3v) is 4.27. The van der Waals surface area contributed by atoms with Gasteiger partial charge in [0.25, 0.3) is 0 Å². The Hall–Kier alpha value is -1.61. The van der Waals surface area contributed by atoms with E-state index in [1.807, 2.05) is 0 Å². The summed E-state index contributed by atoms with van der Waals surface area (Å²) in [4.78, 5) is 0. The molecular formula is C18H27N3. The van der Waals surface area contributed by atoms with Crippen LogP contribution in [0.15, 0.2) is 30.3 Å². The van der Waals surface area contributed by atoms with Crippen molar-refractivity contribution < 1.29 is 0 Å². The molecule has 0 saturated heterocycles. The van der Waals surface area contributed by atoms with Crippen molar-refractivity contribution in [2.75, 3.05) is 6.54 Å². The zero-order valence-electron chi connectivity index (χ0n) is 13.9. The molecule has 3 nitrogen and oxygen atoms in total. The molecule has 2 aromatic rings. The van der Waals surface area contributed by atoms with Gasteiger partial charge in [0.1, 0.15) is 0 Å². The van der Waals surface area contributed by atoms with Gasteiger partial charge in [0.2, 0.25) is 0 Å². The van der Waals surface area contributed by atoms with Crippen LogP contribution in [0.2, 0.25) is 0 Å². The lowest BCUT2D eigenvalue weighted by molar-refractivity contribution is 0.532. The van der Waals surface area contributed by atoms with Gasteiger partial charge in [-0.2, -0.15) is 5.10 Å². The van der Waals surface area contributed by atoms with Crippen LogP contribution in [0, 0.1) is 13.8 Å². The second-order valence-electron chi connectivity index (χ2n) is 5.84. The van der Waals surface area contributed by atoms with Crippen LogP contribution < -0.4 is 5.32 Å². The van der Waals surface area contributed by atoms with Crippen molar-refractivity contribution in [3.8, 4) is 0 Å². The second kappa shape index (κ2) is 6.90. The lowest BCUT2D eigenvalue weighted by Gasteiger charge is -2.19. The molecule has 1 heterocycles. The van der Waals surface area contributed by atoms with Gasteiger partial charge in [0.05, 0.1) is 5.69 Å². The standard InChI is InChI=1S/C18H27N3/c1-6-21-16(5)18(15(4)20-21)14(3)19-12-13(2)17-10-8-7-9-11-17/h7-11,13-14,19H,6,12H2,1-5H3. The molecule has 1 aromatic heterocycles. The number of benzene rings is 1. The van der Waals surface area contributed by atoms with Gasteiger partial charge in [0, 0.05) is 30.4 Å². The van der Waals surface area contributed by atoms with Crippen LogP contribution in [0.3, 0.4) is 0 Å². The summed E-state index contributed by atoms with van der Waals surface area (Å²) in [7, 11) is 0. The van der Waals surface area contributed by atoms with E-state index in [0.717, 1.165) is 18.8 Å². The van der Waals surface area contributed by atoms with Crippen LogP contribution in [-0.4, -0.2) is 16.3 Å². The summed E-state index contributed by atoms with van der Waals surface area (Å²) < 4.78 is 2.09. The van der Waals surface area contributed by atoms with E-state index < -0.39 is 0 Å². The molecule has 0 amide bonds. The normalized spacial score (nSPS) is 14.1. The fourth-order valence-corrected chi connectivity index (χ4v) is 3.00. The molecule has 0 bridgehead atoms. The third kappa shape index (κ3) is 3.53. The van der Waals surface area contributed by atoms with Gasteiger partial charge in [0.15, 0.2) is 0 Å². The first-order valence-corrected chi connectivity index (χ1v) is 7.86. The van der Waals surface area contributed by atoms with Crippen LogP contribution in [-0.2, 0) is 6.54 Å². The molecule has 0 spiro atoms. The Morgan fingerprint density at radius 3 is 2.38 bits per heavy atom. The SMILES string of the molecule is CCn1nc(C)c(C(C)NCC(C)c2ccccc2)c1C. The minimum atomic E-state index is 0.330. The minimum Gasteiger partial charge on any atom is -0.309 e. The Balaban J connectivity index is 2.02. The Labute approximate surface area is 128 Å². The van der Waals surface area contributed by atoms with E-state index in [-0.39, 0.29) is 0 Å². The lowest BCUT2D eigenvalue weighted by atomic mass is 10.00. The van der Waals surface area contributed by atoms with Crippen LogP contribution in [0.25, 0.3) is 0 Å². The van der Waals surface area contributed by atoms with Gasteiger partial charge in [-0.15, -0.1) is 0 Å². The highest BCUT2D eigenvalue weighted by molar-refractivity contribution is 5.28. The van der Waals surface area contributed by atoms with Gasteiger partial charge in [-0.3, -0.25) is 4.68 Å². The predicted octanol–water partition coefficient (Wildman–Crippen LogP) is 3.97. The molecule has 0 fully saturated rings. The molecule has 0 aliphatic rings. The largest absolute Gasteiger partial charge is 0.309 e. The fraction of sp³-hybridized carbons (Fsp3) is 0.500. The molecule has 1 aromatic carbocycles. The summed E-state index contributed by atoms with van der Waals surface area (Å²) in [5, 5.41) is 8.27. The molecular weight excluding hydrogens is 258 g/mol. The van der Waals surface area contributed by atoms with Crippen molar-refractivity contribution in [2.45, 2.75) is 53.1 Å². The highest BCUT2D eigenvalue weighted by atomic mass is 15.3. The number of aryl methyl sites for hydroxylation is 2. The first-order valence-electron chi connectivity index (χ1n) is 7.86. The molecule has 3 heteroatoms. The van der Waals surface area contributed by atoms with Gasteiger partial charge in [-0.1, -0.05) is 37.3 Å². The van der Waals surface area contributed by atoms with E-state index in [4.69, 9.17) is 0 Å². The fourth-order valence-electron chi connectivity index (χ4n) is 3.00. The molecule has 0 radical (unpaired) electrons. The first kappa shape index (κ1) is 15.8. The Kier molecular flexibility index (Phi) is 5.18. The molecule has 2 atom stereocenters. The maximum Gasteiger partial charge on any atom is 0.0644 e. The highest BCUT2D eigenvalue weighted by Crippen LogP contribution is 2.22. The van der Waals surface area contributed by atoms with Crippen LogP contribution >= 0.6 is 0 Å². The quantitative estimate of drug-likeness (QED) is 0.870. The van der Waals surface area contributed by atoms with Crippen molar-refractivity contribution in [3.63, 3.8) is 0 Å². The topological polar surface area (TPSA) is 29.9 Å². The Morgan fingerprint density at radius 1 is 1.14 bits per heavy atom. The number of hydrogen-bond acceptors (Lipinski definition) is 2. The summed E-state index contributed by atoms with van der Waals surface area (Å²) in [6.45, 7) is 12.8. The Morgan fingerprint density at radius 2 is 1.81 bits per heavy atom. The monoisotopic (exact) mass is 285 g/mol. The average Bonchev–Trinajstić information content (AvgIpc) is 2.79. The van der Waals surface area contributed by atoms with Crippen molar-refractivity contribution in [1.29, 1.82) is 0 Å². The Bertz CT molecular complexity index is 572. The van der Waals surface area contributed by atoms with E-state index in [1.54, 1.807) is 0 Å². The maximum absolute atomic E-state index is 4.61. The third-order valence-electron chi connectivity index (χ3n) is 4.27. The van der Waals surface area contributed by atoms with E-state index in [2.05, 4.69) is 80.0 Å². The number of aromatic nitrogens is 2.